The molecule has 7 heteroatoms. The number of rotatable bonds is 6. The molecule has 1 saturated heterocycles. The number of nitrogens with zero attached hydrogens (tertiary/aromatic N) is 1. The van der Waals surface area contributed by atoms with Crippen molar-refractivity contribution in [3.63, 3.8) is 0 Å². The molecule has 0 aliphatic carbocycles. The van der Waals surface area contributed by atoms with Crippen molar-refractivity contribution in [2.24, 2.45) is 0 Å². The predicted octanol–water partition coefficient (Wildman–Crippen LogP) is 5.35. The SMILES string of the molecule is CCc1ccc(N[C@H]2NC(=O)/C(=C/c3cc(C)n(-c4ccc(C(=O)OC)cc4C)c3C)S2)cc1. The predicted molar refractivity (Wildman–Crippen MR) is 138 cm³/mol. The number of amides is 1. The molecule has 0 spiro atoms. The van der Waals surface area contributed by atoms with Crippen LogP contribution < -0.4 is 10.6 Å². The zero-order chi connectivity index (χ0) is 24.4. The minimum absolute atomic E-state index is 0.0870. The average Bonchev–Trinajstić information content (AvgIpc) is 3.31. The van der Waals surface area contributed by atoms with Crippen molar-refractivity contribution in [3.8, 4) is 5.69 Å². The Morgan fingerprint density at radius 3 is 2.53 bits per heavy atom. The molecule has 6 nitrogen and oxygen atoms in total. The Balaban J connectivity index is 1.56. The largest absolute Gasteiger partial charge is 0.465 e. The van der Waals surface area contributed by atoms with E-state index in [2.05, 4.69) is 40.3 Å². The maximum atomic E-state index is 12.6. The number of thioether (sulfide) groups is 1. The number of benzene rings is 2. The smallest absolute Gasteiger partial charge is 0.337 e. The Labute approximate surface area is 204 Å². The molecule has 3 aromatic rings. The number of esters is 1. The molecule has 1 aliphatic heterocycles. The van der Waals surface area contributed by atoms with Crippen molar-refractivity contribution in [1.82, 2.24) is 9.88 Å². The molecule has 2 heterocycles. The number of anilines is 1. The minimum atomic E-state index is -0.352. The van der Waals surface area contributed by atoms with E-state index in [1.54, 1.807) is 6.07 Å². The van der Waals surface area contributed by atoms with E-state index in [0.29, 0.717) is 10.5 Å². The molecule has 0 saturated carbocycles. The number of carbonyl (C=O) groups is 2. The molecule has 0 radical (unpaired) electrons. The van der Waals surface area contributed by atoms with E-state index in [4.69, 9.17) is 4.74 Å². The van der Waals surface area contributed by atoms with Crippen LogP contribution in [0.1, 0.15) is 45.4 Å². The lowest BCUT2D eigenvalue weighted by Gasteiger charge is -2.14. The van der Waals surface area contributed by atoms with Gasteiger partial charge in [-0.1, -0.05) is 30.8 Å². The Kier molecular flexibility index (Phi) is 6.84. The first-order chi connectivity index (χ1) is 16.3. The van der Waals surface area contributed by atoms with Gasteiger partial charge in [-0.3, -0.25) is 4.79 Å². The number of aromatic nitrogens is 1. The van der Waals surface area contributed by atoms with Gasteiger partial charge in [-0.2, -0.15) is 0 Å². The Hall–Kier alpha value is -3.45. The molecule has 0 unspecified atom stereocenters. The molecule has 1 amide bonds. The van der Waals surface area contributed by atoms with Gasteiger partial charge in [0.1, 0.15) is 0 Å². The lowest BCUT2D eigenvalue weighted by molar-refractivity contribution is -0.116. The van der Waals surface area contributed by atoms with Crippen molar-refractivity contribution < 1.29 is 14.3 Å². The van der Waals surface area contributed by atoms with Gasteiger partial charge < -0.3 is 19.9 Å². The van der Waals surface area contributed by atoms with E-state index in [9.17, 15) is 9.59 Å². The van der Waals surface area contributed by atoms with Crippen LogP contribution in [0.2, 0.25) is 0 Å². The number of carbonyl (C=O) groups excluding carboxylic acids is 2. The molecule has 0 bridgehead atoms. The highest BCUT2D eigenvalue weighted by Crippen LogP contribution is 2.32. The van der Waals surface area contributed by atoms with E-state index in [0.717, 1.165) is 40.3 Å². The van der Waals surface area contributed by atoms with Crippen LogP contribution in [0.15, 0.2) is 53.4 Å². The van der Waals surface area contributed by atoms with Crippen molar-refractivity contribution in [1.29, 1.82) is 0 Å². The summed E-state index contributed by atoms with van der Waals surface area (Å²) < 4.78 is 6.97. The van der Waals surface area contributed by atoms with E-state index >= 15 is 0 Å². The number of aryl methyl sites for hydroxylation is 3. The van der Waals surface area contributed by atoms with E-state index in [-0.39, 0.29) is 17.4 Å². The Bertz CT molecular complexity index is 1280. The summed E-state index contributed by atoms with van der Waals surface area (Å²) in [7, 11) is 1.38. The molecule has 1 atom stereocenters. The standard InChI is InChI=1S/C27H29N3O3S/c1-6-19-7-10-22(11-8-19)28-27-29-25(31)24(34-27)15-21-14-17(3)30(18(21)4)23-12-9-20(13-16(23)2)26(32)33-5/h7-15,27-28H,6H2,1-5H3,(H,29,31)/b24-15-/t27-/m0/s1. The first-order valence-electron chi connectivity index (χ1n) is 11.2. The van der Waals surface area contributed by atoms with Gasteiger partial charge in [-0.15, -0.1) is 0 Å². The lowest BCUT2D eigenvalue weighted by atomic mass is 10.1. The van der Waals surface area contributed by atoms with Crippen LogP contribution in [0, 0.1) is 20.8 Å². The number of hydrogen-bond acceptors (Lipinski definition) is 5. The molecule has 4 rings (SSSR count). The summed E-state index contributed by atoms with van der Waals surface area (Å²) in [5.41, 5.74) is 7.57. The second-order valence-corrected chi connectivity index (χ2v) is 9.48. The minimum Gasteiger partial charge on any atom is -0.465 e. The van der Waals surface area contributed by atoms with Crippen LogP contribution in [0.3, 0.4) is 0 Å². The first kappa shape index (κ1) is 23.7. The molecule has 1 aliphatic rings. The van der Waals surface area contributed by atoms with Gasteiger partial charge in [-0.25, -0.2) is 4.79 Å². The number of nitrogens with one attached hydrogen (secondary N) is 2. The summed E-state index contributed by atoms with van der Waals surface area (Å²) in [5.74, 6) is -0.439. The third kappa shape index (κ3) is 4.75. The van der Waals surface area contributed by atoms with Crippen LogP contribution >= 0.6 is 11.8 Å². The number of methoxy groups -OCH3 is 1. The number of ether oxygens (including phenoxy) is 1. The Morgan fingerprint density at radius 2 is 1.88 bits per heavy atom. The van der Waals surface area contributed by atoms with Crippen molar-refractivity contribution in [2.45, 2.75) is 39.6 Å². The highest BCUT2D eigenvalue weighted by Gasteiger charge is 2.27. The molecule has 1 aromatic heterocycles. The second-order valence-electron chi connectivity index (χ2n) is 8.33. The topological polar surface area (TPSA) is 72.4 Å². The van der Waals surface area contributed by atoms with Crippen LogP contribution in [0.25, 0.3) is 11.8 Å². The summed E-state index contributed by atoms with van der Waals surface area (Å²) >= 11 is 1.48. The van der Waals surface area contributed by atoms with Crippen LogP contribution in [-0.4, -0.2) is 29.1 Å². The zero-order valence-electron chi connectivity index (χ0n) is 20.1. The van der Waals surface area contributed by atoms with Crippen molar-refractivity contribution in [3.05, 3.63) is 87.1 Å². The molecule has 2 N–H and O–H groups in total. The molecule has 34 heavy (non-hydrogen) atoms. The van der Waals surface area contributed by atoms with E-state index < -0.39 is 0 Å². The first-order valence-corrected chi connectivity index (χ1v) is 12.1. The molecular weight excluding hydrogens is 446 g/mol. The highest BCUT2D eigenvalue weighted by atomic mass is 32.2. The fourth-order valence-electron chi connectivity index (χ4n) is 4.15. The van der Waals surface area contributed by atoms with Crippen LogP contribution in [-0.2, 0) is 16.0 Å². The quantitative estimate of drug-likeness (QED) is 0.371. The molecule has 2 aromatic carbocycles. The third-order valence-corrected chi connectivity index (χ3v) is 7.03. The second kappa shape index (κ2) is 9.81. The summed E-state index contributed by atoms with van der Waals surface area (Å²) in [6.07, 6.45) is 2.94. The summed E-state index contributed by atoms with van der Waals surface area (Å²) in [4.78, 5) is 25.2. The monoisotopic (exact) mass is 475 g/mol. The van der Waals surface area contributed by atoms with Gasteiger partial charge in [0.2, 0.25) is 0 Å². The normalized spacial score (nSPS) is 16.6. The van der Waals surface area contributed by atoms with Gasteiger partial charge in [0.05, 0.1) is 17.6 Å². The van der Waals surface area contributed by atoms with Gasteiger partial charge in [0, 0.05) is 22.8 Å². The summed E-state index contributed by atoms with van der Waals surface area (Å²) in [6.45, 7) is 8.18. The number of hydrogen-bond donors (Lipinski definition) is 2. The van der Waals surface area contributed by atoms with E-state index in [1.165, 1.54) is 24.4 Å². The molecule has 176 valence electrons. The van der Waals surface area contributed by atoms with Gasteiger partial charge in [-0.05, 0) is 86.4 Å². The van der Waals surface area contributed by atoms with Crippen LogP contribution in [0.5, 0.6) is 0 Å². The summed E-state index contributed by atoms with van der Waals surface area (Å²) in [6, 6.07) is 15.9. The van der Waals surface area contributed by atoms with Gasteiger partial charge >= 0.3 is 5.97 Å². The maximum Gasteiger partial charge on any atom is 0.337 e. The fourth-order valence-corrected chi connectivity index (χ4v) is 5.13. The van der Waals surface area contributed by atoms with Crippen molar-refractivity contribution in [2.75, 3.05) is 12.4 Å². The van der Waals surface area contributed by atoms with Gasteiger partial charge in [0.15, 0.2) is 5.50 Å². The Morgan fingerprint density at radius 1 is 1.15 bits per heavy atom. The zero-order valence-corrected chi connectivity index (χ0v) is 20.9. The summed E-state index contributed by atoms with van der Waals surface area (Å²) in [5, 5.41) is 6.37. The lowest BCUT2D eigenvalue weighted by Crippen LogP contribution is -2.30. The third-order valence-electron chi connectivity index (χ3n) is 6.01. The van der Waals surface area contributed by atoms with Crippen LogP contribution in [0.4, 0.5) is 5.69 Å². The molecular formula is C27H29N3O3S. The average molecular weight is 476 g/mol. The highest BCUT2D eigenvalue weighted by molar-refractivity contribution is 8.05. The van der Waals surface area contributed by atoms with Crippen molar-refractivity contribution >= 4 is 35.4 Å². The van der Waals surface area contributed by atoms with E-state index in [1.807, 2.05) is 51.1 Å². The fraction of sp³-hybridized carbons (Fsp3) is 0.259. The maximum absolute atomic E-state index is 12.6. The van der Waals surface area contributed by atoms with Gasteiger partial charge in [0.25, 0.3) is 5.91 Å². The molecule has 1 fully saturated rings.